The van der Waals surface area contributed by atoms with Crippen LogP contribution in [0.15, 0.2) is 17.1 Å². The van der Waals surface area contributed by atoms with E-state index in [4.69, 9.17) is 0 Å². The van der Waals surface area contributed by atoms with E-state index in [0.29, 0.717) is 0 Å². The normalized spacial score (nSPS) is 10.4. The molecule has 0 radical (unpaired) electrons. The molecule has 0 aromatic carbocycles. The third-order valence-corrected chi connectivity index (χ3v) is 2.99. The van der Waals surface area contributed by atoms with Gasteiger partial charge in [-0.15, -0.1) is 0 Å². The van der Waals surface area contributed by atoms with Crippen LogP contribution in [0.25, 0.3) is 10.4 Å². The molecule has 72 valence electrons. The molecule has 2 rings (SSSR count). The summed E-state index contributed by atoms with van der Waals surface area (Å²) >= 11 is 1.20. The molecule has 0 bridgehead atoms. The van der Waals surface area contributed by atoms with E-state index in [9.17, 15) is 4.79 Å². The number of rotatable bonds is 1. The summed E-state index contributed by atoms with van der Waals surface area (Å²) < 4.78 is 0. The van der Waals surface area contributed by atoms with E-state index in [1.165, 1.54) is 11.3 Å². The largest absolute Gasteiger partial charge is 0.316 e. The number of nitrogens with zero attached hydrogens (tertiary/aromatic N) is 2. The summed E-state index contributed by atoms with van der Waals surface area (Å²) in [5.41, 5.74) is 2.70. The summed E-state index contributed by atoms with van der Waals surface area (Å²) in [6.07, 6.45) is 1.63. The minimum absolute atomic E-state index is 0.0336. The number of nitrogens with one attached hydrogen (secondary N) is 1. The SMILES string of the molecule is Cc1nnccc1-c1sc(=O)[nH]c1C. The van der Waals surface area contributed by atoms with Crippen LogP contribution < -0.4 is 4.87 Å². The first-order valence-corrected chi connectivity index (χ1v) is 4.98. The standard InChI is InChI=1S/C9H9N3OS/c1-5-7(3-4-10-12-5)8-6(2)11-9(13)14-8/h3-4H,1-2H3,(H,11,13). The molecule has 0 unspecified atom stereocenters. The molecular formula is C9H9N3OS. The van der Waals surface area contributed by atoms with Crippen LogP contribution in [0.4, 0.5) is 0 Å². The monoisotopic (exact) mass is 207 g/mol. The molecule has 2 heterocycles. The summed E-state index contributed by atoms with van der Waals surface area (Å²) in [6.45, 7) is 3.76. The van der Waals surface area contributed by atoms with Crippen molar-refractivity contribution in [2.75, 3.05) is 0 Å². The molecule has 2 aromatic heterocycles. The number of aromatic amines is 1. The molecule has 0 aliphatic heterocycles. The molecule has 0 aliphatic carbocycles. The Labute approximate surface area is 84.6 Å². The second kappa shape index (κ2) is 3.34. The predicted molar refractivity (Wildman–Crippen MR) is 55.4 cm³/mol. The molecular weight excluding hydrogens is 198 g/mol. The topological polar surface area (TPSA) is 58.6 Å². The van der Waals surface area contributed by atoms with Crippen molar-refractivity contribution in [3.63, 3.8) is 0 Å². The molecule has 2 aromatic rings. The van der Waals surface area contributed by atoms with Gasteiger partial charge in [0.1, 0.15) is 0 Å². The summed E-state index contributed by atoms with van der Waals surface area (Å²) in [7, 11) is 0. The van der Waals surface area contributed by atoms with Crippen LogP contribution in [-0.2, 0) is 0 Å². The fraction of sp³-hybridized carbons (Fsp3) is 0.222. The van der Waals surface area contributed by atoms with Gasteiger partial charge in [0.25, 0.3) is 0 Å². The van der Waals surface area contributed by atoms with Gasteiger partial charge in [0.15, 0.2) is 0 Å². The third kappa shape index (κ3) is 1.46. The summed E-state index contributed by atoms with van der Waals surface area (Å²) in [4.78, 5) is 14.8. The van der Waals surface area contributed by atoms with Crippen molar-refractivity contribution >= 4 is 11.3 Å². The maximum atomic E-state index is 11.1. The minimum atomic E-state index is -0.0336. The highest BCUT2D eigenvalue weighted by molar-refractivity contribution is 7.13. The molecule has 0 aliphatic rings. The van der Waals surface area contributed by atoms with Gasteiger partial charge in [-0.3, -0.25) is 4.79 Å². The first kappa shape index (κ1) is 9.08. The van der Waals surface area contributed by atoms with Crippen molar-refractivity contribution in [2.24, 2.45) is 0 Å². The lowest BCUT2D eigenvalue weighted by atomic mass is 10.2. The molecule has 0 spiro atoms. The van der Waals surface area contributed by atoms with Crippen LogP contribution in [-0.4, -0.2) is 15.2 Å². The quantitative estimate of drug-likeness (QED) is 0.771. The van der Waals surface area contributed by atoms with Crippen LogP contribution in [0.5, 0.6) is 0 Å². The highest BCUT2D eigenvalue weighted by Crippen LogP contribution is 2.25. The Morgan fingerprint density at radius 1 is 1.43 bits per heavy atom. The molecule has 0 amide bonds. The van der Waals surface area contributed by atoms with Gasteiger partial charge in [0.2, 0.25) is 0 Å². The van der Waals surface area contributed by atoms with Crippen molar-refractivity contribution in [1.29, 1.82) is 0 Å². The second-order valence-electron chi connectivity index (χ2n) is 3.00. The highest BCUT2D eigenvalue weighted by atomic mass is 32.1. The molecule has 5 heteroatoms. The smallest absolute Gasteiger partial charge is 0.305 e. The second-order valence-corrected chi connectivity index (χ2v) is 3.98. The number of hydrogen-bond donors (Lipinski definition) is 1. The zero-order valence-electron chi connectivity index (χ0n) is 7.87. The molecule has 14 heavy (non-hydrogen) atoms. The average Bonchev–Trinajstić information content (AvgIpc) is 2.46. The third-order valence-electron chi connectivity index (χ3n) is 1.97. The van der Waals surface area contributed by atoms with Crippen molar-refractivity contribution in [3.8, 4) is 10.4 Å². The van der Waals surface area contributed by atoms with Crippen molar-refractivity contribution < 1.29 is 0 Å². The van der Waals surface area contributed by atoms with Crippen LogP contribution in [0.1, 0.15) is 11.4 Å². The Morgan fingerprint density at radius 3 is 2.79 bits per heavy atom. The summed E-state index contributed by atoms with van der Waals surface area (Å²) in [5, 5.41) is 7.72. The Hall–Kier alpha value is -1.49. The number of hydrogen-bond acceptors (Lipinski definition) is 4. The summed E-state index contributed by atoms with van der Waals surface area (Å²) in [6, 6.07) is 1.87. The first-order valence-electron chi connectivity index (χ1n) is 4.17. The average molecular weight is 207 g/mol. The maximum absolute atomic E-state index is 11.1. The lowest BCUT2D eigenvalue weighted by Gasteiger charge is -2.00. The zero-order valence-corrected chi connectivity index (χ0v) is 8.68. The van der Waals surface area contributed by atoms with Crippen molar-refractivity contribution in [3.05, 3.63) is 33.3 Å². The van der Waals surface area contributed by atoms with Crippen molar-refractivity contribution in [1.82, 2.24) is 15.2 Å². The predicted octanol–water partition coefficient (Wildman–Crippen LogP) is 1.51. The van der Waals surface area contributed by atoms with Crippen LogP contribution in [0.3, 0.4) is 0 Å². The van der Waals surface area contributed by atoms with Gasteiger partial charge in [0.05, 0.1) is 16.8 Å². The van der Waals surface area contributed by atoms with Gasteiger partial charge in [-0.25, -0.2) is 0 Å². The van der Waals surface area contributed by atoms with E-state index in [0.717, 1.165) is 21.8 Å². The Kier molecular flexibility index (Phi) is 2.17. The molecule has 4 nitrogen and oxygen atoms in total. The van der Waals surface area contributed by atoms with Crippen molar-refractivity contribution in [2.45, 2.75) is 13.8 Å². The number of H-pyrrole nitrogens is 1. The first-order chi connectivity index (χ1) is 6.68. The van der Waals surface area contributed by atoms with E-state index in [-0.39, 0.29) is 4.87 Å². The maximum Gasteiger partial charge on any atom is 0.305 e. The van der Waals surface area contributed by atoms with Gasteiger partial charge in [-0.05, 0) is 19.9 Å². The molecule has 0 saturated carbocycles. The number of aromatic nitrogens is 3. The minimum Gasteiger partial charge on any atom is -0.316 e. The number of thiazole rings is 1. The molecule has 0 saturated heterocycles. The lowest BCUT2D eigenvalue weighted by molar-refractivity contribution is 0.983. The Morgan fingerprint density at radius 2 is 2.21 bits per heavy atom. The van der Waals surface area contributed by atoms with Gasteiger partial charge < -0.3 is 4.98 Å². The fourth-order valence-corrected chi connectivity index (χ4v) is 2.22. The molecule has 0 atom stereocenters. The van der Waals surface area contributed by atoms with E-state index in [1.807, 2.05) is 19.9 Å². The van der Waals surface area contributed by atoms with Gasteiger partial charge in [0, 0.05) is 11.3 Å². The summed E-state index contributed by atoms with van der Waals surface area (Å²) in [5.74, 6) is 0. The van der Waals surface area contributed by atoms with Gasteiger partial charge in [-0.1, -0.05) is 11.3 Å². The van der Waals surface area contributed by atoms with E-state index in [1.54, 1.807) is 6.20 Å². The Balaban J connectivity index is 2.66. The van der Waals surface area contributed by atoms with Crippen LogP contribution >= 0.6 is 11.3 Å². The molecule has 0 fully saturated rings. The van der Waals surface area contributed by atoms with E-state index in [2.05, 4.69) is 15.2 Å². The zero-order chi connectivity index (χ0) is 10.1. The van der Waals surface area contributed by atoms with Crippen LogP contribution in [0, 0.1) is 13.8 Å². The Bertz CT molecular complexity index is 515. The van der Waals surface area contributed by atoms with Crippen LogP contribution in [0.2, 0.25) is 0 Å². The van der Waals surface area contributed by atoms with E-state index >= 15 is 0 Å². The fourth-order valence-electron chi connectivity index (χ4n) is 1.30. The van der Waals surface area contributed by atoms with Gasteiger partial charge >= 0.3 is 4.87 Å². The number of aryl methyl sites for hydroxylation is 2. The van der Waals surface area contributed by atoms with E-state index < -0.39 is 0 Å². The lowest BCUT2D eigenvalue weighted by Crippen LogP contribution is -1.91. The van der Waals surface area contributed by atoms with Gasteiger partial charge in [-0.2, -0.15) is 10.2 Å². The highest BCUT2D eigenvalue weighted by Gasteiger charge is 2.09. The molecule has 1 N–H and O–H groups in total.